The summed E-state index contributed by atoms with van der Waals surface area (Å²) >= 11 is 7.21. The Labute approximate surface area is 106 Å². The van der Waals surface area contributed by atoms with Crippen LogP contribution in [0.3, 0.4) is 0 Å². The van der Waals surface area contributed by atoms with Gasteiger partial charge in [-0.05, 0) is 45.9 Å². The van der Waals surface area contributed by atoms with Crippen molar-refractivity contribution in [1.29, 1.82) is 0 Å². The standard InChI is InChI=1S/C11H11BrOS2/c1-8-2-4-13-10(8)6-14-7-11-9(12)3-5-15-11/h2-5H,6-7H2,1H3. The maximum absolute atomic E-state index is 5.38. The van der Waals surface area contributed by atoms with Crippen LogP contribution in [0.15, 0.2) is 32.7 Å². The van der Waals surface area contributed by atoms with Crippen LogP contribution in [0.2, 0.25) is 0 Å². The fraction of sp³-hybridized carbons (Fsp3) is 0.273. The summed E-state index contributed by atoms with van der Waals surface area (Å²) in [4.78, 5) is 1.39. The van der Waals surface area contributed by atoms with E-state index in [1.165, 1.54) is 14.9 Å². The van der Waals surface area contributed by atoms with Gasteiger partial charge in [0.2, 0.25) is 0 Å². The minimum atomic E-state index is 0.948. The third kappa shape index (κ3) is 2.89. The van der Waals surface area contributed by atoms with Crippen LogP contribution in [0.25, 0.3) is 0 Å². The average Bonchev–Trinajstić information content (AvgIpc) is 2.78. The first-order valence-corrected chi connectivity index (χ1v) is 7.42. The molecule has 2 aromatic rings. The van der Waals surface area contributed by atoms with Crippen molar-refractivity contribution >= 4 is 39.0 Å². The summed E-state index contributed by atoms with van der Waals surface area (Å²) in [6.07, 6.45) is 1.76. The van der Waals surface area contributed by atoms with E-state index < -0.39 is 0 Å². The lowest BCUT2D eigenvalue weighted by Crippen LogP contribution is -1.81. The monoisotopic (exact) mass is 302 g/mol. The van der Waals surface area contributed by atoms with Crippen LogP contribution in [-0.2, 0) is 11.5 Å². The molecule has 0 fully saturated rings. The molecule has 0 saturated heterocycles. The molecule has 0 N–H and O–H groups in total. The maximum Gasteiger partial charge on any atom is 0.116 e. The molecule has 0 atom stereocenters. The minimum Gasteiger partial charge on any atom is -0.468 e. The van der Waals surface area contributed by atoms with Crippen molar-refractivity contribution in [1.82, 2.24) is 0 Å². The summed E-state index contributed by atoms with van der Waals surface area (Å²) in [6, 6.07) is 4.11. The van der Waals surface area contributed by atoms with E-state index in [2.05, 4.69) is 34.3 Å². The number of aryl methyl sites for hydroxylation is 1. The summed E-state index contributed by atoms with van der Waals surface area (Å²) in [5, 5.41) is 2.11. The van der Waals surface area contributed by atoms with Crippen molar-refractivity contribution in [2.75, 3.05) is 0 Å². The van der Waals surface area contributed by atoms with Crippen LogP contribution in [-0.4, -0.2) is 0 Å². The molecule has 80 valence electrons. The summed E-state index contributed by atoms with van der Waals surface area (Å²) < 4.78 is 6.60. The number of hydrogen-bond donors (Lipinski definition) is 0. The smallest absolute Gasteiger partial charge is 0.116 e. The van der Waals surface area contributed by atoms with Gasteiger partial charge in [0.05, 0.1) is 12.0 Å². The molecule has 0 aliphatic carbocycles. The van der Waals surface area contributed by atoms with Gasteiger partial charge in [0, 0.05) is 15.1 Å². The van der Waals surface area contributed by atoms with Crippen molar-refractivity contribution in [3.8, 4) is 0 Å². The second kappa shape index (κ2) is 5.23. The number of halogens is 1. The highest BCUT2D eigenvalue weighted by Crippen LogP contribution is 2.28. The van der Waals surface area contributed by atoms with Crippen LogP contribution >= 0.6 is 39.0 Å². The number of rotatable bonds is 4. The highest BCUT2D eigenvalue weighted by molar-refractivity contribution is 9.10. The van der Waals surface area contributed by atoms with Gasteiger partial charge in [-0.15, -0.1) is 23.1 Å². The Morgan fingerprint density at radius 2 is 2.27 bits per heavy atom. The highest BCUT2D eigenvalue weighted by Gasteiger charge is 2.04. The van der Waals surface area contributed by atoms with E-state index in [9.17, 15) is 0 Å². The zero-order valence-electron chi connectivity index (χ0n) is 8.33. The third-order valence-electron chi connectivity index (χ3n) is 2.13. The first-order valence-electron chi connectivity index (χ1n) is 4.60. The molecule has 1 nitrogen and oxygen atoms in total. The molecule has 0 aromatic carbocycles. The Morgan fingerprint density at radius 1 is 1.40 bits per heavy atom. The molecule has 0 spiro atoms. The lowest BCUT2D eigenvalue weighted by molar-refractivity contribution is 0.528. The minimum absolute atomic E-state index is 0.948. The Kier molecular flexibility index (Phi) is 3.94. The van der Waals surface area contributed by atoms with Crippen LogP contribution in [0.5, 0.6) is 0 Å². The van der Waals surface area contributed by atoms with Gasteiger partial charge in [0.1, 0.15) is 5.76 Å². The highest BCUT2D eigenvalue weighted by atomic mass is 79.9. The predicted octanol–water partition coefficient (Wildman–Crippen LogP) is 4.85. The van der Waals surface area contributed by atoms with Crippen molar-refractivity contribution in [2.45, 2.75) is 18.4 Å². The van der Waals surface area contributed by atoms with Crippen molar-refractivity contribution in [2.24, 2.45) is 0 Å². The zero-order valence-corrected chi connectivity index (χ0v) is 11.5. The number of thioether (sulfide) groups is 1. The number of hydrogen-bond acceptors (Lipinski definition) is 3. The van der Waals surface area contributed by atoms with Gasteiger partial charge >= 0.3 is 0 Å². The predicted molar refractivity (Wildman–Crippen MR) is 70.5 cm³/mol. The van der Waals surface area contributed by atoms with Gasteiger partial charge in [0.25, 0.3) is 0 Å². The lowest BCUT2D eigenvalue weighted by Gasteiger charge is -1.99. The van der Waals surface area contributed by atoms with Crippen LogP contribution in [0.4, 0.5) is 0 Å². The summed E-state index contributed by atoms with van der Waals surface area (Å²) in [7, 11) is 0. The summed E-state index contributed by atoms with van der Waals surface area (Å²) in [6.45, 7) is 2.08. The van der Waals surface area contributed by atoms with E-state index in [0.717, 1.165) is 17.3 Å². The maximum atomic E-state index is 5.38. The molecule has 0 aliphatic rings. The Hall–Kier alpha value is -0.190. The van der Waals surface area contributed by atoms with Gasteiger partial charge in [-0.1, -0.05) is 0 Å². The quantitative estimate of drug-likeness (QED) is 0.801. The van der Waals surface area contributed by atoms with Gasteiger partial charge < -0.3 is 4.42 Å². The van der Waals surface area contributed by atoms with E-state index in [-0.39, 0.29) is 0 Å². The van der Waals surface area contributed by atoms with Crippen molar-refractivity contribution in [3.63, 3.8) is 0 Å². The third-order valence-corrected chi connectivity index (χ3v) is 5.19. The Balaban J connectivity index is 1.86. The number of thiophene rings is 1. The molecule has 0 saturated carbocycles. The van der Waals surface area contributed by atoms with Gasteiger partial charge in [0.15, 0.2) is 0 Å². The van der Waals surface area contributed by atoms with Crippen LogP contribution in [0, 0.1) is 6.92 Å². The Bertz CT molecular complexity index is 393. The van der Waals surface area contributed by atoms with Gasteiger partial charge in [-0.25, -0.2) is 0 Å². The first-order chi connectivity index (χ1) is 7.27. The van der Waals surface area contributed by atoms with Crippen molar-refractivity contribution < 1.29 is 4.42 Å². The SMILES string of the molecule is Cc1ccoc1CSCc1sccc1Br. The second-order valence-corrected chi connectivity index (χ2v) is 6.05. The van der Waals surface area contributed by atoms with E-state index in [0.29, 0.717) is 0 Å². The largest absolute Gasteiger partial charge is 0.468 e. The molecule has 4 heteroatoms. The molecule has 0 amide bonds. The molecule has 15 heavy (non-hydrogen) atoms. The lowest BCUT2D eigenvalue weighted by atomic mass is 10.3. The van der Waals surface area contributed by atoms with Gasteiger partial charge in [-0.2, -0.15) is 0 Å². The average molecular weight is 303 g/mol. The second-order valence-electron chi connectivity index (χ2n) is 3.21. The molecule has 0 aliphatic heterocycles. The topological polar surface area (TPSA) is 13.1 Å². The molecule has 2 rings (SSSR count). The fourth-order valence-corrected chi connectivity index (χ4v) is 4.13. The first kappa shape index (κ1) is 11.3. The zero-order chi connectivity index (χ0) is 10.7. The van der Waals surface area contributed by atoms with E-state index >= 15 is 0 Å². The Morgan fingerprint density at radius 3 is 2.87 bits per heavy atom. The van der Waals surface area contributed by atoms with E-state index in [1.807, 2.05) is 17.8 Å². The molecule has 0 unspecified atom stereocenters. The summed E-state index contributed by atoms with van der Waals surface area (Å²) in [5.74, 6) is 3.08. The molecule has 2 aromatic heterocycles. The van der Waals surface area contributed by atoms with E-state index in [4.69, 9.17) is 4.42 Å². The molecular weight excluding hydrogens is 292 g/mol. The molecule has 0 bridgehead atoms. The summed E-state index contributed by atoms with van der Waals surface area (Å²) in [5.41, 5.74) is 1.24. The number of furan rings is 1. The van der Waals surface area contributed by atoms with Crippen LogP contribution < -0.4 is 0 Å². The van der Waals surface area contributed by atoms with Crippen LogP contribution in [0.1, 0.15) is 16.2 Å². The molecular formula is C11H11BrOS2. The fourth-order valence-electron chi connectivity index (χ4n) is 1.22. The molecule has 0 radical (unpaired) electrons. The van der Waals surface area contributed by atoms with Crippen molar-refractivity contribution in [3.05, 3.63) is 44.4 Å². The van der Waals surface area contributed by atoms with E-state index in [1.54, 1.807) is 17.6 Å². The van der Waals surface area contributed by atoms with Gasteiger partial charge in [-0.3, -0.25) is 0 Å². The normalized spacial score (nSPS) is 10.8. The molecule has 2 heterocycles.